The summed E-state index contributed by atoms with van der Waals surface area (Å²) in [4.78, 5) is 1.20. The van der Waals surface area contributed by atoms with E-state index in [4.69, 9.17) is 17.3 Å². The molecule has 1 saturated carbocycles. The first-order valence-corrected chi connectivity index (χ1v) is 6.36. The van der Waals surface area contributed by atoms with Crippen molar-refractivity contribution in [3.05, 3.63) is 19.8 Å². The van der Waals surface area contributed by atoms with Crippen LogP contribution in [0.3, 0.4) is 0 Å². The Hall–Kier alpha value is 0.430. The van der Waals surface area contributed by atoms with Crippen LogP contribution in [0, 0.1) is 5.92 Å². The van der Waals surface area contributed by atoms with Gasteiger partial charge in [-0.15, -0.1) is 11.3 Å². The SMILES string of the molecule is NC(CC1CC1)c1cc(Cl)c(Br)s1. The second-order valence-electron chi connectivity index (χ2n) is 3.56. The van der Waals surface area contributed by atoms with Crippen LogP contribution in [0.15, 0.2) is 9.85 Å². The van der Waals surface area contributed by atoms with Gasteiger partial charge in [-0.25, -0.2) is 0 Å². The molecule has 1 atom stereocenters. The van der Waals surface area contributed by atoms with Gasteiger partial charge in [-0.05, 0) is 34.3 Å². The van der Waals surface area contributed by atoms with Crippen LogP contribution in [-0.4, -0.2) is 0 Å². The predicted molar refractivity (Wildman–Crippen MR) is 61.3 cm³/mol. The van der Waals surface area contributed by atoms with Crippen LogP contribution >= 0.6 is 38.9 Å². The standard InChI is InChI=1S/C9H11BrClNS/c10-9-6(11)4-8(13-9)7(12)3-5-1-2-5/h4-5,7H,1-3,12H2. The smallest absolute Gasteiger partial charge is 0.0887 e. The summed E-state index contributed by atoms with van der Waals surface area (Å²) < 4.78 is 0.996. The second-order valence-corrected chi connectivity index (χ2v) is 6.36. The van der Waals surface area contributed by atoms with Crippen molar-refractivity contribution in [2.45, 2.75) is 25.3 Å². The van der Waals surface area contributed by atoms with Crippen molar-refractivity contribution in [3.63, 3.8) is 0 Å². The maximum atomic E-state index is 6.05. The number of nitrogens with two attached hydrogens (primary N) is 1. The Kier molecular flexibility index (Phi) is 2.98. The van der Waals surface area contributed by atoms with E-state index in [2.05, 4.69) is 15.9 Å². The molecule has 0 radical (unpaired) electrons. The number of rotatable bonds is 3. The third kappa shape index (κ3) is 2.46. The summed E-state index contributed by atoms with van der Waals surface area (Å²) in [5.41, 5.74) is 6.05. The van der Waals surface area contributed by atoms with Gasteiger partial charge in [-0.2, -0.15) is 0 Å². The van der Waals surface area contributed by atoms with Crippen molar-refractivity contribution in [1.82, 2.24) is 0 Å². The molecule has 1 fully saturated rings. The number of thiophene rings is 1. The molecule has 0 aromatic carbocycles. The zero-order valence-corrected chi connectivity index (χ0v) is 10.3. The molecule has 72 valence electrons. The molecule has 1 aromatic rings. The first kappa shape index (κ1) is 9.97. The second kappa shape index (κ2) is 3.89. The van der Waals surface area contributed by atoms with E-state index in [-0.39, 0.29) is 6.04 Å². The van der Waals surface area contributed by atoms with Gasteiger partial charge in [0.05, 0.1) is 8.81 Å². The van der Waals surface area contributed by atoms with Crippen LogP contribution in [0.4, 0.5) is 0 Å². The third-order valence-corrected chi connectivity index (χ3v) is 4.92. The molecular weight excluding hydrogens is 270 g/mol. The van der Waals surface area contributed by atoms with Gasteiger partial charge in [0.25, 0.3) is 0 Å². The quantitative estimate of drug-likeness (QED) is 0.891. The topological polar surface area (TPSA) is 26.0 Å². The minimum atomic E-state index is 0.182. The van der Waals surface area contributed by atoms with Crippen LogP contribution in [0.2, 0.25) is 5.02 Å². The minimum absolute atomic E-state index is 0.182. The van der Waals surface area contributed by atoms with Gasteiger partial charge in [0.15, 0.2) is 0 Å². The molecule has 4 heteroatoms. The van der Waals surface area contributed by atoms with E-state index >= 15 is 0 Å². The fraction of sp³-hybridized carbons (Fsp3) is 0.556. The van der Waals surface area contributed by atoms with Crippen molar-refractivity contribution in [3.8, 4) is 0 Å². The van der Waals surface area contributed by atoms with E-state index in [9.17, 15) is 0 Å². The lowest BCUT2D eigenvalue weighted by atomic mass is 10.1. The molecule has 0 saturated heterocycles. The van der Waals surface area contributed by atoms with E-state index in [0.29, 0.717) is 0 Å². The fourth-order valence-corrected chi connectivity index (χ4v) is 3.14. The van der Waals surface area contributed by atoms with Crippen LogP contribution in [0.1, 0.15) is 30.2 Å². The van der Waals surface area contributed by atoms with E-state index < -0.39 is 0 Å². The van der Waals surface area contributed by atoms with Gasteiger partial charge in [0, 0.05) is 10.9 Å². The molecule has 1 aromatic heterocycles. The lowest BCUT2D eigenvalue weighted by molar-refractivity contribution is 0.605. The van der Waals surface area contributed by atoms with Crippen molar-refractivity contribution in [1.29, 1.82) is 0 Å². The Morgan fingerprint density at radius 3 is 2.85 bits per heavy atom. The molecule has 2 rings (SSSR count). The number of hydrogen-bond donors (Lipinski definition) is 1. The zero-order valence-electron chi connectivity index (χ0n) is 7.09. The Bertz CT molecular complexity index is 289. The summed E-state index contributed by atoms with van der Waals surface area (Å²) in [6.45, 7) is 0. The minimum Gasteiger partial charge on any atom is -0.323 e. The first-order valence-electron chi connectivity index (χ1n) is 4.37. The largest absolute Gasteiger partial charge is 0.323 e. The van der Waals surface area contributed by atoms with Gasteiger partial charge >= 0.3 is 0 Å². The Morgan fingerprint density at radius 1 is 1.69 bits per heavy atom. The monoisotopic (exact) mass is 279 g/mol. The first-order chi connectivity index (χ1) is 6.16. The Morgan fingerprint density at radius 2 is 2.38 bits per heavy atom. The summed E-state index contributed by atoms with van der Waals surface area (Å²) in [5.74, 6) is 0.870. The van der Waals surface area contributed by atoms with E-state index in [1.807, 2.05) is 6.07 Å². The highest BCUT2D eigenvalue weighted by atomic mass is 79.9. The number of halogens is 2. The summed E-state index contributed by atoms with van der Waals surface area (Å²) in [5, 5.41) is 0.784. The molecule has 0 aliphatic heterocycles. The lowest BCUT2D eigenvalue weighted by Gasteiger charge is -2.06. The maximum Gasteiger partial charge on any atom is 0.0887 e. The van der Waals surface area contributed by atoms with Gasteiger partial charge in [-0.3, -0.25) is 0 Å². The molecule has 0 amide bonds. The van der Waals surface area contributed by atoms with Crippen molar-refractivity contribution >= 4 is 38.9 Å². The zero-order chi connectivity index (χ0) is 9.42. The van der Waals surface area contributed by atoms with Crippen LogP contribution in [0.25, 0.3) is 0 Å². The molecule has 1 heterocycles. The average Bonchev–Trinajstić information content (AvgIpc) is 2.81. The summed E-state index contributed by atoms with van der Waals surface area (Å²) in [6.07, 6.45) is 3.82. The number of hydrogen-bond acceptors (Lipinski definition) is 2. The van der Waals surface area contributed by atoms with E-state index in [0.717, 1.165) is 21.1 Å². The Balaban J connectivity index is 2.05. The highest BCUT2D eigenvalue weighted by Crippen LogP contribution is 2.40. The molecule has 13 heavy (non-hydrogen) atoms. The van der Waals surface area contributed by atoms with Crippen molar-refractivity contribution in [2.24, 2.45) is 11.7 Å². The molecular formula is C9H11BrClNS. The summed E-state index contributed by atoms with van der Waals surface area (Å²) >= 11 is 11.0. The normalized spacial score (nSPS) is 19.0. The molecule has 2 N–H and O–H groups in total. The fourth-order valence-electron chi connectivity index (χ4n) is 1.37. The van der Waals surface area contributed by atoms with Crippen molar-refractivity contribution < 1.29 is 0 Å². The summed E-state index contributed by atoms with van der Waals surface area (Å²) in [7, 11) is 0. The molecule has 1 aliphatic carbocycles. The average molecular weight is 281 g/mol. The van der Waals surface area contributed by atoms with Crippen LogP contribution in [0.5, 0.6) is 0 Å². The molecule has 0 bridgehead atoms. The molecule has 1 nitrogen and oxygen atoms in total. The molecule has 1 aliphatic rings. The molecule has 0 spiro atoms. The Labute approximate surface area is 95.4 Å². The van der Waals surface area contributed by atoms with Gasteiger partial charge in [-0.1, -0.05) is 24.4 Å². The molecule has 1 unspecified atom stereocenters. The predicted octanol–water partition coefficient (Wildman–Crippen LogP) is 3.96. The van der Waals surface area contributed by atoms with E-state index in [1.54, 1.807) is 11.3 Å². The van der Waals surface area contributed by atoms with Crippen LogP contribution in [-0.2, 0) is 0 Å². The highest BCUT2D eigenvalue weighted by molar-refractivity contribution is 9.11. The van der Waals surface area contributed by atoms with Gasteiger partial charge in [0.2, 0.25) is 0 Å². The van der Waals surface area contributed by atoms with Gasteiger partial charge < -0.3 is 5.73 Å². The summed E-state index contributed by atoms with van der Waals surface area (Å²) in [6, 6.07) is 2.16. The van der Waals surface area contributed by atoms with Crippen molar-refractivity contribution in [2.75, 3.05) is 0 Å². The third-order valence-electron chi connectivity index (χ3n) is 2.31. The van der Waals surface area contributed by atoms with Crippen LogP contribution < -0.4 is 5.73 Å². The highest BCUT2D eigenvalue weighted by Gasteiger charge is 2.25. The lowest BCUT2D eigenvalue weighted by Crippen LogP contribution is -2.08. The maximum absolute atomic E-state index is 6.05. The van der Waals surface area contributed by atoms with Gasteiger partial charge in [0.1, 0.15) is 0 Å². The van der Waals surface area contributed by atoms with E-state index in [1.165, 1.54) is 17.7 Å².